The second kappa shape index (κ2) is 5.75. The Morgan fingerprint density at radius 3 is 2.62 bits per heavy atom. The van der Waals surface area contributed by atoms with Crippen molar-refractivity contribution in [2.75, 3.05) is 5.32 Å². The number of anilines is 1. The first-order valence-electron chi connectivity index (χ1n) is 5.37. The summed E-state index contributed by atoms with van der Waals surface area (Å²) in [6, 6.07) is 4.58. The molecule has 0 bridgehead atoms. The molecule has 2 N–H and O–H groups in total. The van der Waals surface area contributed by atoms with Crippen LogP contribution in [0.4, 0.5) is 5.69 Å². The highest BCUT2D eigenvalue weighted by Gasteiger charge is 2.15. The van der Waals surface area contributed by atoms with Crippen molar-refractivity contribution >= 4 is 23.2 Å². The Hall–Kier alpha value is -1.22. The van der Waals surface area contributed by atoms with Gasteiger partial charge in [0, 0.05) is 10.9 Å². The number of benzene rings is 1. The molecule has 0 aliphatic carbocycles. The fraction of sp³-hybridized carbons (Fsp3) is 0.417. The molecule has 1 amide bonds. The predicted octanol–water partition coefficient (Wildman–Crippen LogP) is 3.42. The van der Waals surface area contributed by atoms with E-state index in [9.17, 15) is 9.90 Å². The van der Waals surface area contributed by atoms with Crippen molar-refractivity contribution in [3.05, 3.63) is 23.2 Å². The maximum atomic E-state index is 11.8. The van der Waals surface area contributed by atoms with E-state index < -0.39 is 0 Å². The van der Waals surface area contributed by atoms with E-state index in [1.54, 1.807) is 6.07 Å². The monoisotopic (exact) mass is 241 g/mol. The van der Waals surface area contributed by atoms with Gasteiger partial charge in [-0.3, -0.25) is 4.79 Å². The molecule has 0 aliphatic rings. The number of phenolic OH excluding ortho intramolecular Hbond substituents is 1. The van der Waals surface area contributed by atoms with E-state index in [2.05, 4.69) is 5.32 Å². The van der Waals surface area contributed by atoms with Crippen LogP contribution in [0.1, 0.15) is 26.7 Å². The van der Waals surface area contributed by atoms with Crippen molar-refractivity contribution in [3.8, 4) is 5.75 Å². The maximum absolute atomic E-state index is 11.8. The number of amides is 1. The summed E-state index contributed by atoms with van der Waals surface area (Å²) in [7, 11) is 0. The highest BCUT2D eigenvalue weighted by atomic mass is 35.5. The van der Waals surface area contributed by atoms with Crippen LogP contribution in [0.5, 0.6) is 5.75 Å². The first-order chi connectivity index (χ1) is 7.58. The summed E-state index contributed by atoms with van der Waals surface area (Å²) in [6.07, 6.45) is 1.56. The number of aromatic hydroxyl groups is 1. The van der Waals surface area contributed by atoms with E-state index >= 15 is 0 Å². The lowest BCUT2D eigenvalue weighted by molar-refractivity contribution is -0.120. The molecule has 88 valence electrons. The summed E-state index contributed by atoms with van der Waals surface area (Å²) in [5.74, 6) is -0.0790. The summed E-state index contributed by atoms with van der Waals surface area (Å²) in [5, 5.41) is 12.7. The van der Waals surface area contributed by atoms with Crippen LogP contribution >= 0.6 is 11.6 Å². The van der Waals surface area contributed by atoms with Crippen molar-refractivity contribution in [1.29, 1.82) is 0 Å². The largest absolute Gasteiger partial charge is 0.506 e. The highest BCUT2D eigenvalue weighted by molar-refractivity contribution is 6.31. The van der Waals surface area contributed by atoms with E-state index in [4.69, 9.17) is 11.6 Å². The zero-order chi connectivity index (χ0) is 12.1. The first-order valence-corrected chi connectivity index (χ1v) is 5.75. The smallest absolute Gasteiger partial charge is 0.227 e. The fourth-order valence-electron chi connectivity index (χ4n) is 1.50. The Morgan fingerprint density at radius 1 is 1.44 bits per heavy atom. The van der Waals surface area contributed by atoms with Crippen LogP contribution < -0.4 is 5.32 Å². The Kier molecular flexibility index (Phi) is 4.62. The molecule has 1 aromatic rings. The Morgan fingerprint density at radius 2 is 2.06 bits per heavy atom. The number of halogens is 1. The van der Waals surface area contributed by atoms with Crippen molar-refractivity contribution in [3.63, 3.8) is 0 Å². The van der Waals surface area contributed by atoms with Gasteiger partial charge < -0.3 is 10.4 Å². The summed E-state index contributed by atoms with van der Waals surface area (Å²) >= 11 is 5.79. The molecule has 0 saturated carbocycles. The maximum Gasteiger partial charge on any atom is 0.227 e. The van der Waals surface area contributed by atoms with E-state index in [1.165, 1.54) is 12.1 Å². The molecule has 0 radical (unpaired) electrons. The van der Waals surface area contributed by atoms with Gasteiger partial charge in [0.2, 0.25) is 5.91 Å². The average Bonchev–Trinajstić information content (AvgIpc) is 2.25. The third-order valence-corrected chi connectivity index (χ3v) is 2.81. The predicted molar refractivity (Wildman–Crippen MR) is 65.8 cm³/mol. The third kappa shape index (κ3) is 3.14. The topological polar surface area (TPSA) is 49.3 Å². The molecule has 0 unspecified atom stereocenters. The summed E-state index contributed by atoms with van der Waals surface area (Å²) in [4.78, 5) is 11.8. The Balaban J connectivity index is 2.80. The van der Waals surface area contributed by atoms with Gasteiger partial charge in [-0.2, -0.15) is 0 Å². The quantitative estimate of drug-likeness (QED) is 0.794. The van der Waals surface area contributed by atoms with Crippen LogP contribution in [0.3, 0.4) is 0 Å². The number of phenols is 1. The van der Waals surface area contributed by atoms with E-state index in [-0.39, 0.29) is 17.6 Å². The molecule has 0 spiro atoms. The molecule has 0 aliphatic heterocycles. The zero-order valence-electron chi connectivity index (χ0n) is 9.46. The van der Waals surface area contributed by atoms with E-state index in [0.29, 0.717) is 10.7 Å². The average molecular weight is 242 g/mol. The van der Waals surface area contributed by atoms with Gasteiger partial charge in [-0.05, 0) is 31.0 Å². The van der Waals surface area contributed by atoms with E-state index in [1.807, 2.05) is 13.8 Å². The zero-order valence-corrected chi connectivity index (χ0v) is 10.2. The van der Waals surface area contributed by atoms with Gasteiger partial charge in [0.25, 0.3) is 0 Å². The lowest BCUT2D eigenvalue weighted by Crippen LogP contribution is -2.21. The van der Waals surface area contributed by atoms with Gasteiger partial charge in [0.1, 0.15) is 5.75 Å². The minimum atomic E-state index is -0.0810. The van der Waals surface area contributed by atoms with Gasteiger partial charge in [-0.25, -0.2) is 0 Å². The molecule has 0 atom stereocenters. The number of rotatable bonds is 4. The van der Waals surface area contributed by atoms with E-state index in [0.717, 1.165) is 12.8 Å². The number of carbonyl (C=O) groups is 1. The van der Waals surface area contributed by atoms with Crippen molar-refractivity contribution in [2.45, 2.75) is 26.7 Å². The first kappa shape index (κ1) is 12.8. The number of carbonyl (C=O) groups excluding carboxylic acids is 1. The Bertz CT molecular complexity index is 375. The van der Waals surface area contributed by atoms with Crippen molar-refractivity contribution in [1.82, 2.24) is 0 Å². The fourth-order valence-corrected chi connectivity index (χ4v) is 1.67. The van der Waals surface area contributed by atoms with Crippen LogP contribution in [0.2, 0.25) is 5.02 Å². The second-order valence-electron chi connectivity index (χ2n) is 3.66. The molecule has 1 rings (SSSR count). The Labute approximate surface area is 100 Å². The summed E-state index contributed by atoms with van der Waals surface area (Å²) < 4.78 is 0. The third-order valence-electron chi connectivity index (χ3n) is 2.57. The molecule has 0 saturated heterocycles. The molecule has 4 heteroatoms. The van der Waals surface area contributed by atoms with Crippen molar-refractivity contribution in [2.24, 2.45) is 5.92 Å². The second-order valence-corrected chi connectivity index (χ2v) is 4.10. The summed E-state index contributed by atoms with van der Waals surface area (Å²) in [5.41, 5.74) is 0.365. The highest BCUT2D eigenvalue weighted by Crippen LogP contribution is 2.27. The molecular weight excluding hydrogens is 226 g/mol. The molecule has 3 nitrogen and oxygen atoms in total. The van der Waals surface area contributed by atoms with Gasteiger partial charge in [-0.15, -0.1) is 0 Å². The van der Waals surface area contributed by atoms with Crippen LogP contribution in [0.15, 0.2) is 18.2 Å². The van der Waals surface area contributed by atoms with Crippen LogP contribution in [0.25, 0.3) is 0 Å². The number of hydrogen-bond donors (Lipinski definition) is 2. The summed E-state index contributed by atoms with van der Waals surface area (Å²) in [6.45, 7) is 3.93. The standard InChI is InChI=1S/C12H16ClNO2/c1-3-8(4-2)12(16)14-10-7-9(13)5-6-11(10)15/h5-8,15H,3-4H2,1-2H3,(H,14,16). The van der Waals surface area contributed by atoms with Gasteiger partial charge in [-0.1, -0.05) is 25.4 Å². The van der Waals surface area contributed by atoms with Crippen LogP contribution in [0, 0.1) is 5.92 Å². The molecule has 0 fully saturated rings. The van der Waals surface area contributed by atoms with Gasteiger partial charge >= 0.3 is 0 Å². The molecular formula is C12H16ClNO2. The molecule has 16 heavy (non-hydrogen) atoms. The molecule has 0 heterocycles. The van der Waals surface area contributed by atoms with Crippen LogP contribution in [-0.4, -0.2) is 11.0 Å². The lowest BCUT2D eigenvalue weighted by atomic mass is 10.0. The number of nitrogens with one attached hydrogen (secondary N) is 1. The SMILES string of the molecule is CCC(CC)C(=O)Nc1cc(Cl)ccc1O. The van der Waals surface area contributed by atoms with Crippen LogP contribution in [-0.2, 0) is 4.79 Å². The lowest BCUT2D eigenvalue weighted by Gasteiger charge is -2.13. The normalized spacial score (nSPS) is 10.5. The van der Waals surface area contributed by atoms with Gasteiger partial charge in [0.15, 0.2) is 0 Å². The number of hydrogen-bond acceptors (Lipinski definition) is 2. The van der Waals surface area contributed by atoms with Crippen molar-refractivity contribution < 1.29 is 9.90 Å². The minimum Gasteiger partial charge on any atom is -0.506 e. The molecule has 0 aromatic heterocycles. The minimum absolute atomic E-state index is 0.0293. The van der Waals surface area contributed by atoms with Gasteiger partial charge in [0.05, 0.1) is 5.69 Å². The molecule has 1 aromatic carbocycles.